The summed E-state index contributed by atoms with van der Waals surface area (Å²) in [5.41, 5.74) is 1.50. The van der Waals surface area contributed by atoms with Gasteiger partial charge in [0.2, 0.25) is 0 Å². The van der Waals surface area contributed by atoms with Crippen LogP contribution in [0.4, 0.5) is 5.69 Å². The first kappa shape index (κ1) is 18.0. The Morgan fingerprint density at radius 3 is 2.23 bits per heavy atom. The average molecular weight is 354 g/mol. The number of anilines is 1. The molecule has 1 N–H and O–H groups in total. The van der Waals surface area contributed by atoms with E-state index in [1.54, 1.807) is 54.8 Å². The van der Waals surface area contributed by atoms with Crippen LogP contribution in [0.15, 0.2) is 54.9 Å². The molecule has 0 aliphatic carbocycles. The summed E-state index contributed by atoms with van der Waals surface area (Å²) < 4.78 is 0. The molecule has 2 aromatic rings. The number of ketones is 1. The van der Waals surface area contributed by atoms with E-state index >= 15 is 0 Å². The molecule has 0 saturated carbocycles. The minimum atomic E-state index is -1.23. The predicted octanol–water partition coefficient (Wildman–Crippen LogP) is 1.39. The zero-order chi connectivity index (χ0) is 18.5. The summed E-state index contributed by atoms with van der Waals surface area (Å²) in [6.07, 6.45) is 3.51. The maximum atomic E-state index is 12.7. The number of hydrogen-bond donors (Lipinski definition) is 1. The number of aliphatic carboxylic acids is 1. The molecule has 0 spiro atoms. The van der Waals surface area contributed by atoms with E-state index in [0.29, 0.717) is 18.7 Å². The van der Waals surface area contributed by atoms with E-state index in [0.717, 1.165) is 18.8 Å². The standard InChI is InChI=1S/C19H22N4O3/c1-21(17(19(25)26)18(24)15-5-3-2-4-6-15)23-13-11-22(12-14-23)16-7-9-20-10-8-16/h2-10,17H,11-14H2,1H3,(H,25,26). The predicted molar refractivity (Wildman–Crippen MR) is 98.0 cm³/mol. The molecule has 1 aliphatic heterocycles. The van der Waals surface area contributed by atoms with Gasteiger partial charge in [0.05, 0.1) is 0 Å². The fraction of sp³-hybridized carbons (Fsp3) is 0.316. The molecule has 1 fully saturated rings. The lowest BCUT2D eigenvalue weighted by molar-refractivity contribution is -0.148. The Kier molecular flexibility index (Phi) is 5.60. The number of likely N-dealkylation sites (N-methyl/N-ethyl adjacent to an activating group) is 1. The van der Waals surface area contributed by atoms with Gasteiger partial charge < -0.3 is 10.0 Å². The summed E-state index contributed by atoms with van der Waals surface area (Å²) in [4.78, 5) is 30.7. The van der Waals surface area contributed by atoms with Gasteiger partial charge in [-0.15, -0.1) is 0 Å². The van der Waals surface area contributed by atoms with Crippen LogP contribution in [-0.2, 0) is 4.79 Å². The molecule has 1 aromatic carbocycles. The lowest BCUT2D eigenvalue weighted by atomic mass is 10.0. The minimum Gasteiger partial charge on any atom is -0.480 e. The van der Waals surface area contributed by atoms with E-state index in [1.807, 2.05) is 17.1 Å². The summed E-state index contributed by atoms with van der Waals surface area (Å²) >= 11 is 0. The molecule has 7 heteroatoms. The van der Waals surface area contributed by atoms with Crippen LogP contribution in [0.5, 0.6) is 0 Å². The number of carbonyl (C=O) groups excluding carboxylic acids is 1. The zero-order valence-corrected chi connectivity index (χ0v) is 14.7. The van der Waals surface area contributed by atoms with Gasteiger partial charge in [-0.25, -0.2) is 14.8 Å². The van der Waals surface area contributed by atoms with E-state index in [9.17, 15) is 14.7 Å². The van der Waals surface area contributed by atoms with E-state index in [4.69, 9.17) is 0 Å². The minimum absolute atomic E-state index is 0.405. The molecule has 0 bridgehead atoms. The quantitative estimate of drug-likeness (QED) is 0.620. The smallest absolute Gasteiger partial charge is 0.330 e. The molecule has 1 aliphatic rings. The van der Waals surface area contributed by atoms with Crippen LogP contribution in [0.1, 0.15) is 10.4 Å². The van der Waals surface area contributed by atoms with Crippen LogP contribution in [-0.4, -0.2) is 71.1 Å². The normalized spacial score (nSPS) is 16.5. The number of hydrazine groups is 1. The number of aromatic nitrogens is 1. The van der Waals surface area contributed by atoms with Crippen LogP contribution >= 0.6 is 0 Å². The number of Topliss-reactive ketones (excluding diaryl/α,β-unsaturated/α-hetero) is 1. The number of pyridine rings is 1. The SMILES string of the molecule is CN(C(C(=O)O)C(=O)c1ccccc1)N1CCN(c2ccncc2)CC1. The van der Waals surface area contributed by atoms with Gasteiger partial charge in [0.25, 0.3) is 0 Å². The van der Waals surface area contributed by atoms with Gasteiger partial charge in [0.15, 0.2) is 11.8 Å². The van der Waals surface area contributed by atoms with Crippen molar-refractivity contribution in [2.45, 2.75) is 6.04 Å². The topological polar surface area (TPSA) is 77.0 Å². The Morgan fingerprint density at radius 2 is 1.65 bits per heavy atom. The van der Waals surface area contributed by atoms with Crippen molar-refractivity contribution in [1.29, 1.82) is 0 Å². The number of piperazine rings is 1. The number of hydrogen-bond acceptors (Lipinski definition) is 6. The highest BCUT2D eigenvalue weighted by atomic mass is 16.4. The first-order valence-electron chi connectivity index (χ1n) is 8.52. The lowest BCUT2D eigenvalue weighted by Gasteiger charge is -2.41. The Labute approximate surface area is 152 Å². The second-order valence-electron chi connectivity index (χ2n) is 6.19. The summed E-state index contributed by atoms with van der Waals surface area (Å²) in [6, 6.07) is 11.2. The molecular weight excluding hydrogens is 332 g/mol. The average Bonchev–Trinajstić information content (AvgIpc) is 2.69. The molecule has 1 saturated heterocycles. The van der Waals surface area contributed by atoms with Gasteiger partial charge >= 0.3 is 5.97 Å². The van der Waals surface area contributed by atoms with Crippen molar-refractivity contribution in [3.05, 3.63) is 60.4 Å². The molecule has 0 radical (unpaired) electrons. The Bertz CT molecular complexity index is 746. The third-order valence-corrected chi connectivity index (χ3v) is 4.64. The summed E-state index contributed by atoms with van der Waals surface area (Å²) in [6.45, 7) is 2.79. The summed E-state index contributed by atoms with van der Waals surface area (Å²) in [5, 5.41) is 13.1. The van der Waals surface area contributed by atoms with Crippen LogP contribution in [0.2, 0.25) is 0 Å². The molecule has 1 aromatic heterocycles. The fourth-order valence-electron chi connectivity index (χ4n) is 3.19. The molecule has 2 heterocycles. The van der Waals surface area contributed by atoms with E-state index in [2.05, 4.69) is 9.88 Å². The zero-order valence-electron chi connectivity index (χ0n) is 14.7. The molecule has 3 rings (SSSR count). The number of carbonyl (C=O) groups is 2. The van der Waals surface area contributed by atoms with Crippen molar-refractivity contribution in [2.24, 2.45) is 0 Å². The van der Waals surface area contributed by atoms with Gasteiger partial charge in [-0.3, -0.25) is 9.78 Å². The number of benzene rings is 1. The second-order valence-corrected chi connectivity index (χ2v) is 6.19. The van der Waals surface area contributed by atoms with Crippen LogP contribution < -0.4 is 4.90 Å². The Hall–Kier alpha value is -2.77. The van der Waals surface area contributed by atoms with Crippen molar-refractivity contribution in [2.75, 3.05) is 38.1 Å². The van der Waals surface area contributed by atoms with E-state index < -0.39 is 17.8 Å². The molecule has 0 amide bonds. The Balaban J connectivity index is 1.68. The molecular formula is C19H22N4O3. The first-order valence-corrected chi connectivity index (χ1v) is 8.52. The molecule has 1 atom stereocenters. The fourth-order valence-corrected chi connectivity index (χ4v) is 3.19. The number of carboxylic acids is 1. The first-order chi connectivity index (χ1) is 12.6. The van der Waals surface area contributed by atoms with Crippen LogP contribution in [0.3, 0.4) is 0 Å². The summed E-state index contributed by atoms with van der Waals surface area (Å²) in [7, 11) is 1.67. The number of nitrogens with zero attached hydrogens (tertiary/aromatic N) is 4. The highest BCUT2D eigenvalue weighted by Crippen LogP contribution is 2.17. The van der Waals surface area contributed by atoms with Crippen molar-refractivity contribution in [3.63, 3.8) is 0 Å². The maximum absolute atomic E-state index is 12.7. The van der Waals surface area contributed by atoms with Crippen molar-refractivity contribution in [3.8, 4) is 0 Å². The highest BCUT2D eigenvalue weighted by Gasteiger charge is 2.35. The van der Waals surface area contributed by atoms with E-state index in [1.165, 1.54) is 0 Å². The van der Waals surface area contributed by atoms with Crippen LogP contribution in [0, 0.1) is 0 Å². The van der Waals surface area contributed by atoms with Crippen molar-refractivity contribution >= 4 is 17.4 Å². The summed E-state index contributed by atoms with van der Waals surface area (Å²) in [5.74, 6) is -1.55. The van der Waals surface area contributed by atoms with Crippen molar-refractivity contribution in [1.82, 2.24) is 15.0 Å². The van der Waals surface area contributed by atoms with Crippen molar-refractivity contribution < 1.29 is 14.7 Å². The van der Waals surface area contributed by atoms with Gasteiger partial charge in [-0.1, -0.05) is 30.3 Å². The Morgan fingerprint density at radius 1 is 1.04 bits per heavy atom. The second kappa shape index (κ2) is 8.07. The number of rotatable bonds is 6. The maximum Gasteiger partial charge on any atom is 0.330 e. The van der Waals surface area contributed by atoms with E-state index in [-0.39, 0.29) is 0 Å². The van der Waals surface area contributed by atoms with Gasteiger partial charge in [0.1, 0.15) is 0 Å². The largest absolute Gasteiger partial charge is 0.480 e. The van der Waals surface area contributed by atoms with Gasteiger partial charge in [-0.2, -0.15) is 0 Å². The third-order valence-electron chi connectivity index (χ3n) is 4.64. The molecule has 7 nitrogen and oxygen atoms in total. The van der Waals surface area contributed by atoms with Gasteiger partial charge in [0, 0.05) is 56.9 Å². The molecule has 1 unspecified atom stereocenters. The third kappa shape index (κ3) is 3.89. The lowest BCUT2D eigenvalue weighted by Crippen LogP contribution is -2.59. The molecule has 26 heavy (non-hydrogen) atoms. The van der Waals surface area contributed by atoms with Crippen LogP contribution in [0.25, 0.3) is 0 Å². The monoisotopic (exact) mass is 354 g/mol. The number of carboxylic acid groups (broad SMARTS) is 1. The highest BCUT2D eigenvalue weighted by molar-refractivity contribution is 6.11. The van der Waals surface area contributed by atoms with Gasteiger partial charge in [-0.05, 0) is 12.1 Å². The molecule has 136 valence electrons.